The summed E-state index contributed by atoms with van der Waals surface area (Å²) in [6, 6.07) is 10.8. The number of fused-ring (bicyclic) bond motifs is 2. The highest BCUT2D eigenvalue weighted by Crippen LogP contribution is 2.49. The SMILES string of the molecule is O=C(Nc1ccncc1F)c1ccc(-c2c(-c3ccc(F)cc3)ncn2CC2CC3CC(C3)C2)o1. The quantitative estimate of drug-likeness (QED) is 0.363. The molecule has 0 saturated heterocycles. The Kier molecular flexibility index (Phi) is 5.43. The number of benzene rings is 1. The second kappa shape index (κ2) is 8.76. The first-order chi connectivity index (χ1) is 17.0. The number of carbonyl (C=O) groups is 1. The smallest absolute Gasteiger partial charge is 0.291 e. The van der Waals surface area contributed by atoms with E-state index in [1.807, 2.05) is 0 Å². The molecule has 1 aromatic carbocycles. The minimum atomic E-state index is -0.630. The Morgan fingerprint density at radius 2 is 1.80 bits per heavy atom. The van der Waals surface area contributed by atoms with E-state index < -0.39 is 11.7 Å². The van der Waals surface area contributed by atoms with Crippen LogP contribution in [0.1, 0.15) is 36.2 Å². The van der Waals surface area contributed by atoms with Crippen molar-refractivity contribution in [3.63, 3.8) is 0 Å². The summed E-state index contributed by atoms with van der Waals surface area (Å²) in [7, 11) is 0. The highest BCUT2D eigenvalue weighted by atomic mass is 19.1. The number of hydrogen-bond donors (Lipinski definition) is 1. The Bertz CT molecular complexity index is 1360. The Hall–Kier alpha value is -3.81. The Balaban J connectivity index is 1.32. The summed E-state index contributed by atoms with van der Waals surface area (Å²) in [6.45, 7) is 0.807. The van der Waals surface area contributed by atoms with Crippen molar-refractivity contribution in [3.05, 3.63) is 78.6 Å². The van der Waals surface area contributed by atoms with Gasteiger partial charge in [0.2, 0.25) is 0 Å². The average Bonchev–Trinajstić information content (AvgIpc) is 3.48. The third kappa shape index (κ3) is 4.24. The molecule has 2 bridgehead atoms. The number of pyridine rings is 1. The Morgan fingerprint density at radius 3 is 2.54 bits per heavy atom. The summed E-state index contributed by atoms with van der Waals surface area (Å²) in [4.78, 5) is 21.1. The lowest BCUT2D eigenvalue weighted by Gasteiger charge is -2.45. The molecule has 3 aromatic heterocycles. The van der Waals surface area contributed by atoms with Crippen LogP contribution in [0.15, 0.2) is 65.6 Å². The first kappa shape index (κ1) is 21.7. The van der Waals surface area contributed by atoms with Gasteiger partial charge in [-0.2, -0.15) is 0 Å². The molecule has 3 heterocycles. The maximum Gasteiger partial charge on any atom is 0.291 e. The van der Waals surface area contributed by atoms with Crippen LogP contribution in [0, 0.1) is 29.4 Å². The van der Waals surface area contributed by atoms with Crippen LogP contribution in [0.25, 0.3) is 22.7 Å². The Morgan fingerprint density at radius 1 is 1.03 bits per heavy atom. The van der Waals surface area contributed by atoms with Crippen LogP contribution in [-0.2, 0) is 6.54 Å². The van der Waals surface area contributed by atoms with Gasteiger partial charge in [-0.25, -0.2) is 13.8 Å². The number of aromatic nitrogens is 3. The zero-order valence-electron chi connectivity index (χ0n) is 19.0. The van der Waals surface area contributed by atoms with Crippen LogP contribution >= 0.6 is 0 Å². The van der Waals surface area contributed by atoms with Crippen molar-refractivity contribution in [2.24, 2.45) is 17.8 Å². The van der Waals surface area contributed by atoms with Crippen LogP contribution in [-0.4, -0.2) is 20.4 Å². The van der Waals surface area contributed by atoms with E-state index in [2.05, 4.69) is 19.9 Å². The summed E-state index contributed by atoms with van der Waals surface area (Å²) in [5.74, 6) is 1.23. The van der Waals surface area contributed by atoms with Crippen LogP contribution in [0.5, 0.6) is 0 Å². The van der Waals surface area contributed by atoms with Crippen molar-refractivity contribution in [1.82, 2.24) is 14.5 Å². The lowest BCUT2D eigenvalue weighted by Crippen LogP contribution is -2.35. The number of anilines is 1. The molecular weight excluding hydrogens is 450 g/mol. The molecule has 35 heavy (non-hydrogen) atoms. The molecule has 3 fully saturated rings. The number of rotatable bonds is 6. The van der Waals surface area contributed by atoms with Crippen LogP contribution in [0.4, 0.5) is 14.5 Å². The predicted octanol–water partition coefficient (Wildman–Crippen LogP) is 6.17. The highest BCUT2D eigenvalue weighted by molar-refractivity contribution is 6.02. The van der Waals surface area contributed by atoms with E-state index in [1.165, 1.54) is 50.1 Å². The monoisotopic (exact) mass is 474 g/mol. The second-order valence-corrected chi connectivity index (χ2v) is 9.62. The Labute approximate surface area is 201 Å². The fourth-order valence-electron chi connectivity index (χ4n) is 5.57. The van der Waals surface area contributed by atoms with Gasteiger partial charge in [0.05, 0.1) is 23.9 Å². The third-order valence-electron chi connectivity index (χ3n) is 7.16. The fraction of sp³-hybridized carbons (Fsp3) is 0.296. The standard InChI is InChI=1S/C27H24F2N4O2/c28-20-3-1-19(2-4-20)25-26(33(15-31-25)14-18-11-16-9-17(10-16)12-18)23-5-6-24(35-23)27(34)32-22-7-8-30-13-21(22)29/h1-8,13,15-18H,9-12,14H2,(H,30,32,34). The van der Waals surface area contributed by atoms with E-state index in [0.29, 0.717) is 17.4 Å². The maximum atomic E-state index is 13.9. The van der Waals surface area contributed by atoms with Crippen molar-refractivity contribution >= 4 is 11.6 Å². The zero-order valence-corrected chi connectivity index (χ0v) is 19.0. The number of hydrogen-bond acceptors (Lipinski definition) is 4. The van der Waals surface area contributed by atoms with Gasteiger partial charge >= 0.3 is 0 Å². The summed E-state index contributed by atoms with van der Waals surface area (Å²) < 4.78 is 35.5. The van der Waals surface area contributed by atoms with Crippen molar-refractivity contribution in [2.45, 2.75) is 32.2 Å². The van der Waals surface area contributed by atoms with Gasteiger partial charge in [-0.05, 0) is 85.9 Å². The maximum absolute atomic E-state index is 13.9. The van der Waals surface area contributed by atoms with E-state index >= 15 is 0 Å². The topological polar surface area (TPSA) is 73.0 Å². The molecule has 0 spiro atoms. The van der Waals surface area contributed by atoms with E-state index in [1.54, 1.807) is 30.6 Å². The van der Waals surface area contributed by atoms with Crippen LogP contribution in [0.3, 0.4) is 0 Å². The zero-order chi connectivity index (χ0) is 23.9. The van der Waals surface area contributed by atoms with E-state index in [4.69, 9.17) is 4.42 Å². The summed E-state index contributed by atoms with van der Waals surface area (Å²) in [5.41, 5.74) is 2.18. The normalized spacial score (nSPS) is 20.9. The number of furan rings is 1. The van der Waals surface area contributed by atoms with Gasteiger partial charge in [0, 0.05) is 18.3 Å². The molecule has 1 N–H and O–H groups in total. The molecular formula is C27H24F2N4O2. The second-order valence-electron chi connectivity index (χ2n) is 9.62. The average molecular weight is 475 g/mol. The van der Waals surface area contributed by atoms with Crippen LogP contribution in [0.2, 0.25) is 0 Å². The van der Waals surface area contributed by atoms with Gasteiger partial charge in [-0.15, -0.1) is 0 Å². The number of nitrogens with zero attached hydrogens (tertiary/aromatic N) is 3. The van der Waals surface area contributed by atoms with Crippen LogP contribution < -0.4 is 5.32 Å². The molecule has 7 rings (SSSR count). The fourth-order valence-corrected chi connectivity index (χ4v) is 5.57. The van der Waals surface area contributed by atoms with E-state index in [-0.39, 0.29) is 17.3 Å². The molecule has 4 aromatic rings. The summed E-state index contributed by atoms with van der Waals surface area (Å²) >= 11 is 0. The lowest BCUT2D eigenvalue weighted by atomic mass is 9.61. The summed E-state index contributed by atoms with van der Waals surface area (Å²) in [5, 5.41) is 2.52. The van der Waals surface area contributed by atoms with Gasteiger partial charge in [0.25, 0.3) is 5.91 Å². The van der Waals surface area contributed by atoms with Gasteiger partial charge in [0.1, 0.15) is 11.5 Å². The van der Waals surface area contributed by atoms with Crippen molar-refractivity contribution < 1.29 is 18.0 Å². The van der Waals surface area contributed by atoms with Crippen molar-refractivity contribution in [2.75, 3.05) is 5.32 Å². The largest absolute Gasteiger partial charge is 0.449 e. The number of nitrogens with one attached hydrogen (secondary N) is 1. The minimum absolute atomic E-state index is 0.0239. The molecule has 1 amide bonds. The number of carbonyl (C=O) groups excluding carboxylic acids is 1. The number of amides is 1. The van der Waals surface area contributed by atoms with Gasteiger partial charge in [-0.1, -0.05) is 0 Å². The first-order valence-corrected chi connectivity index (χ1v) is 11.9. The third-order valence-corrected chi connectivity index (χ3v) is 7.16. The molecule has 3 aliphatic rings. The van der Waals surface area contributed by atoms with Crippen molar-refractivity contribution in [1.29, 1.82) is 0 Å². The lowest BCUT2D eigenvalue weighted by molar-refractivity contribution is 0.0598. The van der Waals surface area contributed by atoms with Gasteiger partial charge < -0.3 is 14.3 Å². The molecule has 0 atom stereocenters. The van der Waals surface area contributed by atoms with E-state index in [9.17, 15) is 13.6 Å². The number of imidazole rings is 1. The van der Waals surface area contributed by atoms with Gasteiger partial charge in [-0.3, -0.25) is 9.78 Å². The highest BCUT2D eigenvalue weighted by Gasteiger charge is 2.38. The number of halogens is 2. The molecule has 178 valence electrons. The predicted molar refractivity (Wildman–Crippen MR) is 126 cm³/mol. The molecule has 8 heteroatoms. The molecule has 0 aliphatic heterocycles. The minimum Gasteiger partial charge on any atom is -0.449 e. The molecule has 6 nitrogen and oxygen atoms in total. The molecule has 3 saturated carbocycles. The summed E-state index contributed by atoms with van der Waals surface area (Å²) in [6.07, 6.45) is 9.35. The first-order valence-electron chi connectivity index (χ1n) is 11.9. The molecule has 3 aliphatic carbocycles. The van der Waals surface area contributed by atoms with E-state index in [0.717, 1.165) is 35.8 Å². The molecule has 0 radical (unpaired) electrons. The molecule has 0 unspecified atom stereocenters. The van der Waals surface area contributed by atoms with Gasteiger partial charge in [0.15, 0.2) is 17.3 Å². The van der Waals surface area contributed by atoms with Crippen molar-refractivity contribution in [3.8, 4) is 22.7 Å².